The molecule has 0 spiro atoms. The van der Waals surface area contributed by atoms with Crippen molar-refractivity contribution in [2.45, 2.75) is 20.3 Å². The molecule has 0 saturated heterocycles. The first-order chi connectivity index (χ1) is 3.31. The summed E-state index contributed by atoms with van der Waals surface area (Å²) >= 11 is 5.29. The molecule has 0 aliphatic rings. The molecule has 1 unspecified atom stereocenters. The molecule has 0 aromatic carbocycles. The van der Waals surface area contributed by atoms with Gasteiger partial charge in [-0.1, -0.05) is 37.9 Å². The van der Waals surface area contributed by atoms with E-state index in [0.717, 1.165) is 0 Å². The second-order valence-corrected chi connectivity index (χ2v) is 1.96. The number of allylic oxidation sites excluding steroid dienone is 1. The van der Waals surface area contributed by atoms with Crippen LogP contribution in [0.5, 0.6) is 0 Å². The van der Waals surface area contributed by atoms with E-state index in [4.69, 9.17) is 11.6 Å². The van der Waals surface area contributed by atoms with E-state index in [2.05, 4.69) is 13.8 Å². The summed E-state index contributed by atoms with van der Waals surface area (Å²) in [7, 11) is 0. The lowest BCUT2D eigenvalue weighted by Crippen LogP contribution is -1.81. The van der Waals surface area contributed by atoms with E-state index in [1.54, 1.807) is 5.54 Å². The molecule has 0 bridgehead atoms. The number of hydrogen-bond donors (Lipinski definition) is 0. The Morgan fingerprint density at radius 2 is 2.29 bits per heavy atom. The van der Waals surface area contributed by atoms with Crippen molar-refractivity contribution in [1.82, 2.24) is 0 Å². The Balaban J connectivity index is 3.16. The second-order valence-electron chi connectivity index (χ2n) is 1.70. The zero-order valence-corrected chi connectivity index (χ0v) is 5.57. The molecule has 7 heavy (non-hydrogen) atoms. The first-order valence-electron chi connectivity index (χ1n) is 2.58. The molecule has 0 nitrogen and oxygen atoms in total. The topological polar surface area (TPSA) is 0 Å². The average molecular weight is 119 g/mol. The van der Waals surface area contributed by atoms with Gasteiger partial charge in [-0.3, -0.25) is 0 Å². The fourth-order valence-electron chi connectivity index (χ4n) is 0.260. The van der Waals surface area contributed by atoms with Gasteiger partial charge in [-0.05, 0) is 5.92 Å². The smallest absolute Gasteiger partial charge is 0.000514 e. The number of hydrogen-bond acceptors (Lipinski definition) is 0. The van der Waals surface area contributed by atoms with Gasteiger partial charge in [0.2, 0.25) is 0 Å². The molecule has 42 valence electrons. The molecule has 1 atom stereocenters. The van der Waals surface area contributed by atoms with Gasteiger partial charge < -0.3 is 0 Å². The Bertz CT molecular complexity index is 57.2. The molecule has 0 N–H and O–H groups in total. The molecule has 0 heterocycles. The lowest BCUT2D eigenvalue weighted by molar-refractivity contribution is 0.699. The van der Waals surface area contributed by atoms with Crippen molar-refractivity contribution in [3.63, 3.8) is 0 Å². The van der Waals surface area contributed by atoms with E-state index in [1.165, 1.54) is 6.42 Å². The fraction of sp³-hybridized carbons (Fsp3) is 0.667. The normalized spacial score (nSPS) is 15.3. The summed E-state index contributed by atoms with van der Waals surface area (Å²) in [5.41, 5.74) is 1.58. The lowest BCUT2D eigenvalue weighted by Gasteiger charge is -1.94. The maximum Gasteiger partial charge on any atom is 0.000514 e. The van der Waals surface area contributed by atoms with Gasteiger partial charge in [-0.2, -0.15) is 0 Å². The predicted molar refractivity (Wildman–Crippen MR) is 34.4 cm³/mol. The van der Waals surface area contributed by atoms with Crippen molar-refractivity contribution < 1.29 is 0 Å². The minimum Gasteiger partial charge on any atom is -0.0933 e. The monoisotopic (exact) mass is 118 g/mol. The minimum absolute atomic E-state index is 0.637. The summed E-state index contributed by atoms with van der Waals surface area (Å²) in [5.74, 6) is 0.637. The van der Waals surface area contributed by atoms with Gasteiger partial charge in [0.25, 0.3) is 0 Å². The van der Waals surface area contributed by atoms with Crippen LogP contribution in [0.15, 0.2) is 11.6 Å². The fourth-order valence-corrected chi connectivity index (χ4v) is 0.509. The summed E-state index contributed by atoms with van der Waals surface area (Å²) in [6.45, 7) is 4.28. The van der Waals surface area contributed by atoms with Crippen molar-refractivity contribution >= 4 is 11.6 Å². The van der Waals surface area contributed by atoms with Crippen LogP contribution in [0.4, 0.5) is 0 Å². The van der Waals surface area contributed by atoms with Gasteiger partial charge in [-0.25, -0.2) is 0 Å². The maximum atomic E-state index is 5.29. The average Bonchev–Trinajstić information content (AvgIpc) is 1.68. The highest BCUT2D eigenvalue weighted by Crippen LogP contribution is 2.01. The Morgan fingerprint density at radius 1 is 1.71 bits per heavy atom. The first-order valence-corrected chi connectivity index (χ1v) is 3.01. The highest BCUT2D eigenvalue weighted by Gasteiger charge is 1.86. The lowest BCUT2D eigenvalue weighted by atomic mass is 10.1. The highest BCUT2D eigenvalue weighted by atomic mass is 35.5. The van der Waals surface area contributed by atoms with E-state index in [0.29, 0.717) is 5.92 Å². The molecule has 1 heteroatoms. The molecule has 0 aromatic heterocycles. The van der Waals surface area contributed by atoms with Crippen LogP contribution >= 0.6 is 11.6 Å². The van der Waals surface area contributed by atoms with Gasteiger partial charge in [0.1, 0.15) is 0 Å². The first kappa shape index (κ1) is 7.03. The Labute approximate surface area is 50.2 Å². The Hall–Kier alpha value is 0.0300. The van der Waals surface area contributed by atoms with Crippen LogP contribution in [-0.2, 0) is 0 Å². The second kappa shape index (κ2) is 4.20. The third-order valence-corrected chi connectivity index (χ3v) is 1.19. The molecule has 0 radical (unpaired) electrons. The van der Waals surface area contributed by atoms with E-state index in [-0.39, 0.29) is 0 Å². The largest absolute Gasteiger partial charge is 0.0933 e. The Kier molecular flexibility index (Phi) is 4.21. The van der Waals surface area contributed by atoms with Crippen LogP contribution in [0, 0.1) is 5.92 Å². The van der Waals surface area contributed by atoms with E-state index in [1.807, 2.05) is 6.08 Å². The number of rotatable bonds is 2. The summed E-state index contributed by atoms with van der Waals surface area (Å²) in [6, 6.07) is 0. The van der Waals surface area contributed by atoms with Gasteiger partial charge in [0.15, 0.2) is 0 Å². The summed E-state index contributed by atoms with van der Waals surface area (Å²) in [5, 5.41) is 0. The third kappa shape index (κ3) is 3.87. The van der Waals surface area contributed by atoms with Gasteiger partial charge in [0.05, 0.1) is 0 Å². The standard InChI is InChI=1S/C6H11Cl/c1-3-6(2)4-5-7/h4-6H,3H2,1-2H3/b5-4+. The molecule has 0 saturated carbocycles. The Morgan fingerprint density at radius 3 is 2.43 bits per heavy atom. The van der Waals surface area contributed by atoms with Crippen LogP contribution in [0.3, 0.4) is 0 Å². The molecule has 0 aliphatic carbocycles. The third-order valence-electron chi connectivity index (χ3n) is 1.05. The van der Waals surface area contributed by atoms with Gasteiger partial charge in [-0.15, -0.1) is 0 Å². The van der Waals surface area contributed by atoms with Gasteiger partial charge >= 0.3 is 0 Å². The van der Waals surface area contributed by atoms with Crippen LogP contribution < -0.4 is 0 Å². The molecule has 0 aliphatic heterocycles. The summed E-state index contributed by atoms with van der Waals surface area (Å²) in [4.78, 5) is 0. The van der Waals surface area contributed by atoms with Crippen molar-refractivity contribution in [2.24, 2.45) is 5.92 Å². The van der Waals surface area contributed by atoms with Crippen molar-refractivity contribution in [3.8, 4) is 0 Å². The van der Waals surface area contributed by atoms with Crippen molar-refractivity contribution in [1.29, 1.82) is 0 Å². The molecular weight excluding hydrogens is 108 g/mol. The van der Waals surface area contributed by atoms with Crippen LogP contribution in [0.1, 0.15) is 20.3 Å². The van der Waals surface area contributed by atoms with Crippen molar-refractivity contribution in [2.75, 3.05) is 0 Å². The molecule has 0 amide bonds. The summed E-state index contributed by atoms with van der Waals surface area (Å²) < 4.78 is 0. The molecule has 0 fully saturated rings. The van der Waals surface area contributed by atoms with E-state index >= 15 is 0 Å². The predicted octanol–water partition coefficient (Wildman–Crippen LogP) is 2.79. The van der Waals surface area contributed by atoms with Gasteiger partial charge in [0, 0.05) is 5.54 Å². The summed E-state index contributed by atoms with van der Waals surface area (Å²) in [6.07, 6.45) is 3.16. The van der Waals surface area contributed by atoms with Crippen LogP contribution in [-0.4, -0.2) is 0 Å². The highest BCUT2D eigenvalue weighted by molar-refractivity contribution is 6.25. The molecule has 0 rings (SSSR count). The van der Waals surface area contributed by atoms with Crippen LogP contribution in [0.2, 0.25) is 0 Å². The van der Waals surface area contributed by atoms with Crippen molar-refractivity contribution in [3.05, 3.63) is 11.6 Å². The van der Waals surface area contributed by atoms with E-state index < -0.39 is 0 Å². The van der Waals surface area contributed by atoms with Crippen LogP contribution in [0.25, 0.3) is 0 Å². The van der Waals surface area contributed by atoms with E-state index in [9.17, 15) is 0 Å². The zero-order chi connectivity index (χ0) is 5.70. The number of halogens is 1. The quantitative estimate of drug-likeness (QED) is 0.523. The molecule has 0 aromatic rings. The SMILES string of the molecule is CCC(C)/C=C/Cl. The molecular formula is C6H11Cl. The maximum absolute atomic E-state index is 5.29. The minimum atomic E-state index is 0.637. The zero-order valence-electron chi connectivity index (χ0n) is 4.82.